The third kappa shape index (κ3) is 3.54. The topological polar surface area (TPSA) is 72.7 Å². The maximum Gasteiger partial charge on any atom is 0.325 e. The molecule has 8 heteroatoms. The molecule has 0 amide bonds. The van der Waals surface area contributed by atoms with Crippen LogP contribution in [0.4, 0.5) is 15.8 Å². The summed E-state index contributed by atoms with van der Waals surface area (Å²) in [6, 6.07) is 1.86. The third-order valence-corrected chi connectivity index (χ3v) is 2.77. The van der Waals surface area contributed by atoms with E-state index in [-0.39, 0.29) is 29.5 Å². The Labute approximate surface area is 113 Å². The van der Waals surface area contributed by atoms with E-state index in [4.69, 9.17) is 11.6 Å². The fourth-order valence-electron chi connectivity index (χ4n) is 1.51. The van der Waals surface area contributed by atoms with E-state index < -0.39 is 16.7 Å². The average molecular weight is 291 g/mol. The number of carbonyl (C=O) groups excluding carboxylic acids is 1. The van der Waals surface area contributed by atoms with Crippen molar-refractivity contribution in [1.29, 1.82) is 0 Å². The molecule has 0 spiro atoms. The normalized spacial score (nSPS) is 10.1. The molecule has 6 nitrogen and oxygen atoms in total. The molecule has 0 bridgehead atoms. The second kappa shape index (κ2) is 6.33. The molecule has 1 rings (SSSR count). The van der Waals surface area contributed by atoms with Gasteiger partial charge in [-0.05, 0) is 6.92 Å². The van der Waals surface area contributed by atoms with Crippen molar-refractivity contribution < 1.29 is 18.8 Å². The number of anilines is 1. The van der Waals surface area contributed by atoms with E-state index in [1.807, 2.05) is 0 Å². The van der Waals surface area contributed by atoms with Gasteiger partial charge in [0.2, 0.25) is 0 Å². The predicted octanol–water partition coefficient (Wildman–Crippen LogP) is 2.39. The van der Waals surface area contributed by atoms with Gasteiger partial charge in [-0.3, -0.25) is 14.9 Å². The molecule has 0 aromatic heterocycles. The summed E-state index contributed by atoms with van der Waals surface area (Å²) in [6.07, 6.45) is 0. The lowest BCUT2D eigenvalue weighted by atomic mass is 10.2. The zero-order valence-corrected chi connectivity index (χ0v) is 11.1. The summed E-state index contributed by atoms with van der Waals surface area (Å²) in [4.78, 5) is 22.8. The highest BCUT2D eigenvalue weighted by molar-refractivity contribution is 6.31. The standard InChI is InChI=1S/C11H12ClFN2O4/c1-3-14(6-11(16)19-2)9-5-8(13)7(12)4-10(9)15(17)18/h4-5H,3,6H2,1-2H3. The Morgan fingerprint density at radius 1 is 1.58 bits per heavy atom. The highest BCUT2D eigenvalue weighted by atomic mass is 35.5. The van der Waals surface area contributed by atoms with Crippen molar-refractivity contribution in [2.75, 3.05) is 25.1 Å². The number of nitro groups is 1. The highest BCUT2D eigenvalue weighted by Gasteiger charge is 2.23. The minimum atomic E-state index is -0.786. The van der Waals surface area contributed by atoms with Crippen LogP contribution < -0.4 is 4.90 Å². The van der Waals surface area contributed by atoms with E-state index in [1.54, 1.807) is 6.92 Å². The van der Waals surface area contributed by atoms with Crippen LogP contribution in [0, 0.1) is 15.9 Å². The van der Waals surface area contributed by atoms with Crippen LogP contribution in [0.3, 0.4) is 0 Å². The molecule has 0 fully saturated rings. The summed E-state index contributed by atoms with van der Waals surface area (Å²) < 4.78 is 17.9. The van der Waals surface area contributed by atoms with E-state index >= 15 is 0 Å². The predicted molar refractivity (Wildman–Crippen MR) is 68.0 cm³/mol. The lowest BCUT2D eigenvalue weighted by molar-refractivity contribution is -0.384. The zero-order valence-electron chi connectivity index (χ0n) is 10.4. The van der Waals surface area contributed by atoms with E-state index in [1.165, 1.54) is 12.0 Å². The van der Waals surface area contributed by atoms with Crippen LogP contribution in [-0.2, 0) is 9.53 Å². The Morgan fingerprint density at radius 3 is 2.68 bits per heavy atom. The number of nitro benzene ring substituents is 1. The summed E-state index contributed by atoms with van der Waals surface area (Å²) in [6.45, 7) is 1.74. The number of hydrogen-bond acceptors (Lipinski definition) is 5. The van der Waals surface area contributed by atoms with Crippen molar-refractivity contribution >= 4 is 28.9 Å². The number of nitrogens with zero attached hydrogens (tertiary/aromatic N) is 2. The number of carbonyl (C=O) groups is 1. The highest BCUT2D eigenvalue weighted by Crippen LogP contribution is 2.33. The zero-order chi connectivity index (χ0) is 14.6. The van der Waals surface area contributed by atoms with Gasteiger partial charge in [-0.25, -0.2) is 4.39 Å². The molecule has 19 heavy (non-hydrogen) atoms. The first-order valence-corrected chi connectivity index (χ1v) is 5.73. The largest absolute Gasteiger partial charge is 0.468 e. The van der Waals surface area contributed by atoms with Gasteiger partial charge in [0.25, 0.3) is 5.69 Å². The number of hydrogen-bond donors (Lipinski definition) is 0. The second-order valence-electron chi connectivity index (χ2n) is 3.60. The third-order valence-electron chi connectivity index (χ3n) is 2.48. The number of benzene rings is 1. The smallest absolute Gasteiger partial charge is 0.325 e. The molecule has 0 unspecified atom stereocenters. The number of methoxy groups -OCH3 is 1. The summed E-state index contributed by atoms with van der Waals surface area (Å²) in [5.41, 5.74) is -0.378. The SMILES string of the molecule is CCN(CC(=O)OC)c1cc(F)c(Cl)cc1[N+](=O)[O-]. The maximum atomic E-state index is 13.4. The van der Waals surface area contributed by atoms with Gasteiger partial charge in [0.15, 0.2) is 0 Å². The van der Waals surface area contributed by atoms with Gasteiger partial charge in [-0.2, -0.15) is 0 Å². The van der Waals surface area contributed by atoms with Crippen LogP contribution in [0.25, 0.3) is 0 Å². The fraction of sp³-hybridized carbons (Fsp3) is 0.364. The molecule has 104 valence electrons. The van der Waals surface area contributed by atoms with Crippen LogP contribution in [0.15, 0.2) is 12.1 Å². The molecule has 1 aromatic carbocycles. The molecule has 0 saturated heterocycles. The fourth-order valence-corrected chi connectivity index (χ4v) is 1.67. The average Bonchev–Trinajstić information content (AvgIpc) is 2.38. The molecular formula is C11H12ClFN2O4. The van der Waals surface area contributed by atoms with E-state index in [0.717, 1.165) is 12.1 Å². The van der Waals surface area contributed by atoms with Crippen LogP contribution in [-0.4, -0.2) is 31.1 Å². The lowest BCUT2D eigenvalue weighted by Crippen LogP contribution is -2.30. The molecule has 0 radical (unpaired) electrons. The Morgan fingerprint density at radius 2 is 2.21 bits per heavy atom. The molecule has 0 N–H and O–H groups in total. The molecular weight excluding hydrogens is 279 g/mol. The van der Waals surface area contributed by atoms with Gasteiger partial charge < -0.3 is 9.64 Å². The Bertz CT molecular complexity index is 510. The first kappa shape index (κ1) is 15.2. The van der Waals surface area contributed by atoms with Crippen LogP contribution in [0.2, 0.25) is 5.02 Å². The molecule has 0 aliphatic rings. The van der Waals surface area contributed by atoms with Crippen molar-refractivity contribution in [3.63, 3.8) is 0 Å². The van der Waals surface area contributed by atoms with Gasteiger partial charge in [0, 0.05) is 18.7 Å². The van der Waals surface area contributed by atoms with Crippen molar-refractivity contribution in [1.82, 2.24) is 0 Å². The van der Waals surface area contributed by atoms with Gasteiger partial charge in [-0.1, -0.05) is 11.6 Å². The van der Waals surface area contributed by atoms with E-state index in [0.29, 0.717) is 0 Å². The van der Waals surface area contributed by atoms with Crippen molar-refractivity contribution in [2.45, 2.75) is 6.92 Å². The number of ether oxygens (including phenoxy) is 1. The molecule has 0 aliphatic heterocycles. The maximum absolute atomic E-state index is 13.4. The van der Waals surface area contributed by atoms with Gasteiger partial charge in [0.1, 0.15) is 18.0 Å². The van der Waals surface area contributed by atoms with Gasteiger partial charge >= 0.3 is 5.97 Å². The molecule has 0 saturated carbocycles. The first-order chi connectivity index (χ1) is 8.90. The van der Waals surface area contributed by atoms with Crippen molar-refractivity contribution in [2.24, 2.45) is 0 Å². The van der Waals surface area contributed by atoms with Crippen molar-refractivity contribution in [3.05, 3.63) is 33.1 Å². The Kier molecular flexibility index (Phi) is 5.05. The number of likely N-dealkylation sites (N-methyl/N-ethyl adjacent to an activating group) is 1. The van der Waals surface area contributed by atoms with Gasteiger partial charge in [0.05, 0.1) is 17.1 Å². The number of halogens is 2. The van der Waals surface area contributed by atoms with E-state index in [9.17, 15) is 19.3 Å². The summed E-state index contributed by atoms with van der Waals surface area (Å²) in [5.74, 6) is -1.36. The quantitative estimate of drug-likeness (QED) is 0.473. The number of rotatable bonds is 5. The molecule has 0 atom stereocenters. The molecule has 0 aliphatic carbocycles. The lowest BCUT2D eigenvalue weighted by Gasteiger charge is -2.21. The second-order valence-corrected chi connectivity index (χ2v) is 4.01. The minimum absolute atomic E-state index is 0.0141. The Balaban J connectivity index is 3.25. The summed E-state index contributed by atoms with van der Waals surface area (Å²) >= 11 is 5.52. The molecule has 1 aromatic rings. The van der Waals surface area contributed by atoms with Gasteiger partial charge in [-0.15, -0.1) is 0 Å². The van der Waals surface area contributed by atoms with Crippen LogP contribution in [0.1, 0.15) is 6.92 Å². The summed E-state index contributed by atoms with van der Waals surface area (Å²) in [5, 5.41) is 10.6. The Hall–Kier alpha value is -1.89. The van der Waals surface area contributed by atoms with Crippen LogP contribution >= 0.6 is 11.6 Å². The van der Waals surface area contributed by atoms with Crippen molar-refractivity contribution in [3.8, 4) is 0 Å². The van der Waals surface area contributed by atoms with E-state index in [2.05, 4.69) is 4.74 Å². The number of esters is 1. The van der Waals surface area contributed by atoms with Crippen LogP contribution in [0.5, 0.6) is 0 Å². The first-order valence-electron chi connectivity index (χ1n) is 5.35. The molecule has 0 heterocycles. The minimum Gasteiger partial charge on any atom is -0.468 e. The summed E-state index contributed by atoms with van der Waals surface area (Å²) in [7, 11) is 1.20. The monoisotopic (exact) mass is 290 g/mol.